The average Bonchev–Trinajstić information content (AvgIpc) is 2.72. The Bertz CT molecular complexity index is 622. The van der Waals surface area contributed by atoms with Crippen LogP contribution in [0.5, 0.6) is 0 Å². The molecule has 2 heterocycles. The highest BCUT2D eigenvalue weighted by molar-refractivity contribution is 6.33. The predicted molar refractivity (Wildman–Crippen MR) is 59.3 cm³/mol. The van der Waals surface area contributed by atoms with Crippen LogP contribution in [0.3, 0.4) is 0 Å². The van der Waals surface area contributed by atoms with Gasteiger partial charge in [0.15, 0.2) is 5.65 Å². The van der Waals surface area contributed by atoms with E-state index in [4.69, 9.17) is 14.3 Å². The second-order valence-electron chi connectivity index (χ2n) is 3.69. The molecule has 1 unspecified atom stereocenters. The molecule has 0 aliphatic heterocycles. The van der Waals surface area contributed by atoms with E-state index >= 15 is 0 Å². The van der Waals surface area contributed by atoms with Gasteiger partial charge in [-0.15, -0.1) is 0 Å². The maximum atomic E-state index is 12.7. The van der Waals surface area contributed by atoms with Crippen molar-refractivity contribution in [1.29, 1.82) is 0 Å². The van der Waals surface area contributed by atoms with E-state index in [-0.39, 0.29) is 23.3 Å². The first kappa shape index (κ1) is 9.76. The second-order valence-corrected chi connectivity index (χ2v) is 4.10. The van der Waals surface area contributed by atoms with E-state index in [1.807, 2.05) is 0 Å². The number of halogens is 4. The fourth-order valence-electron chi connectivity index (χ4n) is 1.52. The number of pyridine rings is 1. The number of rotatable bonds is 1. The van der Waals surface area contributed by atoms with E-state index in [9.17, 15) is 13.2 Å². The molecule has 92 valence electrons. The van der Waals surface area contributed by atoms with Crippen LogP contribution in [0.25, 0.3) is 5.65 Å². The van der Waals surface area contributed by atoms with Gasteiger partial charge in [0, 0.05) is 20.8 Å². The summed E-state index contributed by atoms with van der Waals surface area (Å²) in [6.45, 7) is 1.15. The third-order valence-corrected chi connectivity index (χ3v) is 2.60. The van der Waals surface area contributed by atoms with Gasteiger partial charge in [-0.25, -0.2) is 4.98 Å². The standard InChI is InChI=1S/C11H10ClF3N2/c1-6(2)9-4-16-10-8(12)3-7(5-17(9)10)11(13,14)15/h3-6H,1-2H3/i1D,6D. The lowest BCUT2D eigenvalue weighted by Gasteiger charge is -2.10. The third kappa shape index (κ3) is 2.11. The monoisotopic (exact) mass is 264 g/mol. The van der Waals surface area contributed by atoms with E-state index in [0.717, 1.165) is 16.7 Å². The molecule has 0 radical (unpaired) electrons. The van der Waals surface area contributed by atoms with Crippen LogP contribution in [-0.4, -0.2) is 9.38 Å². The highest BCUT2D eigenvalue weighted by atomic mass is 35.5. The minimum Gasteiger partial charge on any atom is -0.302 e. The summed E-state index contributed by atoms with van der Waals surface area (Å²) in [5, 5.41) is -0.137. The molecule has 0 bridgehead atoms. The molecule has 0 saturated heterocycles. The summed E-state index contributed by atoms with van der Waals surface area (Å²) in [6.07, 6.45) is -2.40. The molecule has 1 atom stereocenters. The van der Waals surface area contributed by atoms with Gasteiger partial charge in [-0.2, -0.15) is 13.2 Å². The predicted octanol–water partition coefficient (Wildman–Crippen LogP) is 4.13. The largest absolute Gasteiger partial charge is 0.417 e. The van der Waals surface area contributed by atoms with Crippen LogP contribution in [-0.2, 0) is 6.18 Å². The van der Waals surface area contributed by atoms with Crippen molar-refractivity contribution in [3.8, 4) is 0 Å². The van der Waals surface area contributed by atoms with E-state index in [0.29, 0.717) is 0 Å². The van der Waals surface area contributed by atoms with Crippen molar-refractivity contribution in [2.24, 2.45) is 0 Å². The Kier molecular flexibility index (Phi) is 2.24. The molecule has 0 N–H and O–H groups in total. The van der Waals surface area contributed by atoms with Gasteiger partial charge in [0.1, 0.15) is 0 Å². The van der Waals surface area contributed by atoms with Crippen molar-refractivity contribution in [2.45, 2.75) is 25.9 Å². The van der Waals surface area contributed by atoms with E-state index < -0.39 is 17.6 Å². The van der Waals surface area contributed by atoms with Gasteiger partial charge in [-0.3, -0.25) is 0 Å². The first-order valence-corrected chi connectivity index (χ1v) is 5.08. The third-order valence-electron chi connectivity index (χ3n) is 2.33. The number of imidazole rings is 1. The molecule has 0 spiro atoms. The Balaban J connectivity index is 2.74. The maximum absolute atomic E-state index is 12.7. The van der Waals surface area contributed by atoms with Gasteiger partial charge in [0.2, 0.25) is 0 Å². The van der Waals surface area contributed by atoms with E-state index in [1.165, 1.54) is 13.1 Å². The molecule has 0 aliphatic carbocycles. The van der Waals surface area contributed by atoms with Gasteiger partial charge in [-0.1, -0.05) is 25.4 Å². The zero-order valence-electron chi connectivity index (χ0n) is 10.8. The SMILES string of the molecule is [2H]CC([2H])(C)c1cnc2c(Cl)cc(C(F)(F)F)cn12. The van der Waals surface area contributed by atoms with Crippen molar-refractivity contribution in [3.05, 3.63) is 34.7 Å². The van der Waals surface area contributed by atoms with Gasteiger partial charge in [-0.05, 0) is 12.0 Å². The number of hydrogen-bond acceptors (Lipinski definition) is 1. The van der Waals surface area contributed by atoms with Crippen LogP contribution >= 0.6 is 11.6 Å². The molecular weight excluding hydrogens is 253 g/mol. The van der Waals surface area contributed by atoms with Crippen LogP contribution in [0, 0.1) is 0 Å². The number of hydrogen-bond donors (Lipinski definition) is 0. The maximum Gasteiger partial charge on any atom is 0.417 e. The van der Waals surface area contributed by atoms with Crippen LogP contribution in [0.2, 0.25) is 5.02 Å². The molecule has 0 aliphatic rings. The average molecular weight is 265 g/mol. The molecule has 0 aromatic carbocycles. The molecule has 2 aromatic rings. The Morgan fingerprint density at radius 1 is 1.59 bits per heavy atom. The Morgan fingerprint density at radius 3 is 2.88 bits per heavy atom. The summed E-state index contributed by atoms with van der Waals surface area (Å²) in [5.74, 6) is -1.35. The van der Waals surface area contributed by atoms with Crippen molar-refractivity contribution in [2.75, 3.05) is 0 Å². The summed E-state index contributed by atoms with van der Waals surface area (Å²) >= 11 is 5.78. The van der Waals surface area contributed by atoms with E-state index in [1.54, 1.807) is 0 Å². The molecule has 0 fully saturated rings. The first-order chi connectivity index (χ1) is 8.66. The Hall–Kier alpha value is -1.23. The minimum atomic E-state index is -4.53. The molecule has 2 aromatic heterocycles. The molecule has 2 rings (SSSR count). The lowest BCUT2D eigenvalue weighted by atomic mass is 10.1. The van der Waals surface area contributed by atoms with Crippen LogP contribution in [0.15, 0.2) is 18.5 Å². The van der Waals surface area contributed by atoms with Crippen molar-refractivity contribution < 1.29 is 15.9 Å². The number of nitrogens with zero attached hydrogens (tertiary/aromatic N) is 2. The summed E-state index contributed by atoms with van der Waals surface area (Å²) in [4.78, 5) is 3.92. The molecule has 6 heteroatoms. The summed E-state index contributed by atoms with van der Waals surface area (Å²) in [6, 6.07) is 0.801. The highest BCUT2D eigenvalue weighted by Gasteiger charge is 2.32. The fraction of sp³-hybridized carbons (Fsp3) is 0.364. The summed E-state index contributed by atoms with van der Waals surface area (Å²) < 4.78 is 54.6. The van der Waals surface area contributed by atoms with Gasteiger partial charge in [0.05, 0.1) is 10.6 Å². The Labute approximate surface area is 104 Å². The quantitative estimate of drug-likeness (QED) is 0.757. The highest BCUT2D eigenvalue weighted by Crippen LogP contribution is 2.33. The lowest BCUT2D eigenvalue weighted by Crippen LogP contribution is -2.07. The summed E-state index contributed by atoms with van der Waals surface area (Å²) in [5.41, 5.74) is -0.563. The van der Waals surface area contributed by atoms with Gasteiger partial charge < -0.3 is 4.40 Å². The number of alkyl halides is 3. The van der Waals surface area contributed by atoms with Crippen LogP contribution in [0.1, 0.15) is 33.7 Å². The molecule has 0 saturated carbocycles. The van der Waals surface area contributed by atoms with Crippen molar-refractivity contribution >= 4 is 17.2 Å². The first-order valence-electron chi connectivity index (χ1n) is 5.91. The smallest absolute Gasteiger partial charge is 0.302 e. The minimum absolute atomic E-state index is 0.137. The molecule has 2 nitrogen and oxygen atoms in total. The normalized spacial score (nSPS) is 17.7. The fourth-order valence-corrected chi connectivity index (χ4v) is 1.77. The Morgan fingerprint density at radius 2 is 2.29 bits per heavy atom. The molecular formula is C11H10ClF3N2. The van der Waals surface area contributed by atoms with Crippen LogP contribution < -0.4 is 0 Å². The molecule has 0 amide bonds. The topological polar surface area (TPSA) is 17.3 Å². The van der Waals surface area contributed by atoms with E-state index in [2.05, 4.69) is 4.98 Å². The van der Waals surface area contributed by atoms with Crippen molar-refractivity contribution in [1.82, 2.24) is 9.38 Å². The summed E-state index contributed by atoms with van der Waals surface area (Å²) in [7, 11) is 0. The zero-order chi connectivity index (χ0) is 14.4. The lowest BCUT2D eigenvalue weighted by molar-refractivity contribution is -0.137. The van der Waals surface area contributed by atoms with Crippen LogP contribution in [0.4, 0.5) is 13.2 Å². The zero-order valence-corrected chi connectivity index (χ0v) is 9.60. The number of aromatic nitrogens is 2. The molecule has 17 heavy (non-hydrogen) atoms. The van der Waals surface area contributed by atoms with Crippen molar-refractivity contribution in [3.63, 3.8) is 0 Å². The second kappa shape index (κ2) is 3.91. The van der Waals surface area contributed by atoms with Gasteiger partial charge >= 0.3 is 6.18 Å². The van der Waals surface area contributed by atoms with Gasteiger partial charge in [0.25, 0.3) is 0 Å². The number of fused-ring (bicyclic) bond motifs is 1.